The number of rotatable bonds is 4. The molecule has 20 heavy (non-hydrogen) atoms. The van der Waals surface area contributed by atoms with Crippen LogP contribution in [0.5, 0.6) is 5.75 Å². The molecule has 2 unspecified atom stereocenters. The fourth-order valence-corrected chi connectivity index (χ4v) is 3.98. The Balaban J connectivity index is 1.78. The maximum atomic E-state index is 6.20. The van der Waals surface area contributed by atoms with E-state index in [-0.39, 0.29) is 12.1 Å². The number of hydrogen-bond donors (Lipinski definition) is 2. The zero-order chi connectivity index (χ0) is 13.9. The summed E-state index contributed by atoms with van der Waals surface area (Å²) >= 11 is 8.11. The van der Waals surface area contributed by atoms with Gasteiger partial charge in [0.05, 0.1) is 25.4 Å². The van der Waals surface area contributed by atoms with Crippen molar-refractivity contribution in [3.05, 3.63) is 28.3 Å². The van der Waals surface area contributed by atoms with E-state index in [1.807, 2.05) is 23.9 Å². The van der Waals surface area contributed by atoms with Gasteiger partial charge in [0.15, 0.2) is 0 Å². The average Bonchev–Trinajstić information content (AvgIpc) is 2.93. The average molecular weight is 315 g/mol. The van der Waals surface area contributed by atoms with E-state index >= 15 is 0 Å². The van der Waals surface area contributed by atoms with E-state index < -0.39 is 0 Å². The maximum Gasteiger partial charge on any atom is 0.125 e. The molecule has 2 heterocycles. The molecule has 1 fully saturated rings. The van der Waals surface area contributed by atoms with E-state index in [4.69, 9.17) is 26.9 Å². The first kappa shape index (κ1) is 14.5. The van der Waals surface area contributed by atoms with Gasteiger partial charge in [0.2, 0.25) is 0 Å². The van der Waals surface area contributed by atoms with Crippen LogP contribution in [0.4, 0.5) is 0 Å². The molecule has 4 nitrogen and oxygen atoms in total. The van der Waals surface area contributed by atoms with E-state index in [9.17, 15) is 0 Å². The van der Waals surface area contributed by atoms with Gasteiger partial charge in [-0.1, -0.05) is 11.6 Å². The minimum Gasteiger partial charge on any atom is -0.493 e. The van der Waals surface area contributed by atoms with Crippen LogP contribution in [0.3, 0.4) is 0 Å². The van der Waals surface area contributed by atoms with Crippen LogP contribution in [-0.4, -0.2) is 36.9 Å². The summed E-state index contributed by atoms with van der Waals surface area (Å²) in [7, 11) is 0. The molecule has 1 saturated heterocycles. The number of fused-ring (bicyclic) bond motifs is 1. The molecular formula is C14H19ClN2O2S. The van der Waals surface area contributed by atoms with E-state index in [1.54, 1.807) is 0 Å². The summed E-state index contributed by atoms with van der Waals surface area (Å²) in [6.45, 7) is 1.52. The van der Waals surface area contributed by atoms with Crippen molar-refractivity contribution in [1.82, 2.24) is 5.43 Å². The van der Waals surface area contributed by atoms with Crippen LogP contribution in [0.15, 0.2) is 12.1 Å². The number of nitrogens with two attached hydrogens (primary N) is 1. The van der Waals surface area contributed by atoms with Crippen LogP contribution in [0.1, 0.15) is 11.1 Å². The van der Waals surface area contributed by atoms with Crippen molar-refractivity contribution in [3.8, 4) is 5.75 Å². The van der Waals surface area contributed by atoms with E-state index in [0.717, 1.165) is 53.9 Å². The van der Waals surface area contributed by atoms with Crippen molar-refractivity contribution in [2.75, 3.05) is 24.7 Å². The van der Waals surface area contributed by atoms with Gasteiger partial charge in [-0.05, 0) is 29.7 Å². The first-order chi connectivity index (χ1) is 9.78. The Morgan fingerprint density at radius 2 is 2.35 bits per heavy atom. The minimum absolute atomic E-state index is 0.0783. The largest absolute Gasteiger partial charge is 0.493 e. The first-order valence-corrected chi connectivity index (χ1v) is 8.41. The minimum atomic E-state index is 0.0783. The van der Waals surface area contributed by atoms with Crippen molar-refractivity contribution in [3.63, 3.8) is 0 Å². The number of hydrazine groups is 1. The summed E-state index contributed by atoms with van der Waals surface area (Å²) in [5.41, 5.74) is 5.21. The molecule has 0 aromatic heterocycles. The molecule has 1 aromatic carbocycles. The molecule has 0 radical (unpaired) electrons. The molecule has 2 aliphatic heterocycles. The predicted octanol–water partition coefficient (Wildman–Crippen LogP) is 1.78. The van der Waals surface area contributed by atoms with Crippen molar-refractivity contribution >= 4 is 23.4 Å². The second-order valence-electron chi connectivity index (χ2n) is 5.11. The third kappa shape index (κ3) is 3.07. The molecule has 2 atom stereocenters. The van der Waals surface area contributed by atoms with Crippen LogP contribution in [0, 0.1) is 0 Å². The van der Waals surface area contributed by atoms with Gasteiger partial charge in [0.1, 0.15) is 5.75 Å². The zero-order valence-electron chi connectivity index (χ0n) is 11.2. The Morgan fingerprint density at radius 3 is 3.10 bits per heavy atom. The van der Waals surface area contributed by atoms with Gasteiger partial charge in [-0.3, -0.25) is 11.3 Å². The van der Waals surface area contributed by atoms with Crippen LogP contribution in [0.25, 0.3) is 0 Å². The SMILES string of the molecule is NNC(Cc1cc(Cl)cc2c1OCC2)C1CSCCO1. The van der Waals surface area contributed by atoms with Gasteiger partial charge < -0.3 is 9.47 Å². The molecule has 6 heteroatoms. The van der Waals surface area contributed by atoms with Gasteiger partial charge in [0, 0.05) is 22.9 Å². The molecule has 3 N–H and O–H groups in total. The molecule has 2 aliphatic rings. The van der Waals surface area contributed by atoms with Crippen LogP contribution in [0.2, 0.25) is 5.02 Å². The smallest absolute Gasteiger partial charge is 0.125 e. The Kier molecular flexibility index (Phi) is 4.73. The summed E-state index contributed by atoms with van der Waals surface area (Å²) < 4.78 is 11.6. The number of thioether (sulfide) groups is 1. The highest BCUT2D eigenvalue weighted by Crippen LogP contribution is 2.34. The molecule has 110 valence electrons. The lowest BCUT2D eigenvalue weighted by atomic mass is 9.99. The second-order valence-corrected chi connectivity index (χ2v) is 6.70. The van der Waals surface area contributed by atoms with E-state index in [1.165, 1.54) is 5.56 Å². The first-order valence-electron chi connectivity index (χ1n) is 6.87. The molecule has 0 spiro atoms. The summed E-state index contributed by atoms with van der Waals surface area (Å²) in [6, 6.07) is 4.05. The lowest BCUT2D eigenvalue weighted by molar-refractivity contribution is 0.0470. The lowest BCUT2D eigenvalue weighted by Crippen LogP contribution is -2.49. The van der Waals surface area contributed by atoms with Crippen LogP contribution in [-0.2, 0) is 17.6 Å². The van der Waals surface area contributed by atoms with E-state index in [2.05, 4.69) is 5.43 Å². The van der Waals surface area contributed by atoms with Crippen molar-refractivity contribution < 1.29 is 9.47 Å². The Labute approximate surface area is 128 Å². The molecular weight excluding hydrogens is 296 g/mol. The highest BCUT2D eigenvalue weighted by atomic mass is 35.5. The van der Waals surface area contributed by atoms with Crippen molar-refractivity contribution in [2.24, 2.45) is 5.84 Å². The Hall–Kier alpha value is -0.460. The second kappa shape index (κ2) is 6.54. The number of ether oxygens (including phenoxy) is 2. The summed E-state index contributed by atoms with van der Waals surface area (Å²) in [5, 5.41) is 0.763. The molecule has 0 saturated carbocycles. The Morgan fingerprint density at radius 1 is 1.45 bits per heavy atom. The summed E-state index contributed by atoms with van der Waals surface area (Å²) in [5.74, 6) is 8.74. The fourth-order valence-electron chi connectivity index (χ4n) is 2.77. The van der Waals surface area contributed by atoms with Gasteiger partial charge >= 0.3 is 0 Å². The number of halogens is 1. The molecule has 3 rings (SSSR count). The zero-order valence-corrected chi connectivity index (χ0v) is 12.8. The molecule has 1 aromatic rings. The number of hydrogen-bond acceptors (Lipinski definition) is 5. The fraction of sp³-hybridized carbons (Fsp3) is 0.571. The van der Waals surface area contributed by atoms with Gasteiger partial charge in [0.25, 0.3) is 0 Å². The number of benzene rings is 1. The predicted molar refractivity (Wildman–Crippen MR) is 82.5 cm³/mol. The lowest BCUT2D eigenvalue weighted by Gasteiger charge is -2.30. The normalized spacial score (nSPS) is 23.2. The third-order valence-corrected chi connectivity index (χ3v) is 5.01. The Bertz CT molecular complexity index is 480. The topological polar surface area (TPSA) is 56.5 Å². The van der Waals surface area contributed by atoms with Crippen LogP contribution >= 0.6 is 23.4 Å². The number of nitrogens with one attached hydrogen (secondary N) is 1. The third-order valence-electron chi connectivity index (χ3n) is 3.77. The van der Waals surface area contributed by atoms with Gasteiger partial charge in [-0.15, -0.1) is 0 Å². The van der Waals surface area contributed by atoms with Gasteiger partial charge in [-0.25, -0.2) is 0 Å². The summed E-state index contributed by atoms with van der Waals surface area (Å²) in [4.78, 5) is 0. The summed E-state index contributed by atoms with van der Waals surface area (Å²) in [6.07, 6.45) is 1.83. The van der Waals surface area contributed by atoms with Crippen LogP contribution < -0.4 is 16.0 Å². The monoisotopic (exact) mass is 314 g/mol. The highest BCUT2D eigenvalue weighted by molar-refractivity contribution is 7.99. The maximum absolute atomic E-state index is 6.20. The molecule has 0 bridgehead atoms. The van der Waals surface area contributed by atoms with Crippen molar-refractivity contribution in [1.29, 1.82) is 0 Å². The highest BCUT2D eigenvalue weighted by Gasteiger charge is 2.27. The quantitative estimate of drug-likeness (QED) is 0.655. The molecule has 0 amide bonds. The van der Waals surface area contributed by atoms with E-state index in [0.29, 0.717) is 0 Å². The van der Waals surface area contributed by atoms with Gasteiger partial charge in [-0.2, -0.15) is 11.8 Å². The van der Waals surface area contributed by atoms with Crippen molar-refractivity contribution in [2.45, 2.75) is 25.0 Å². The standard InChI is InChI=1S/C14H19ClN2O2S/c15-11-5-9-1-2-19-14(9)10(6-11)7-12(17-16)13-8-20-4-3-18-13/h5-6,12-13,17H,1-4,7-8,16H2. The molecule has 0 aliphatic carbocycles.